The van der Waals surface area contributed by atoms with Gasteiger partial charge in [0.1, 0.15) is 0 Å². The molecule has 0 aromatic carbocycles. The lowest BCUT2D eigenvalue weighted by molar-refractivity contribution is 0.205. The quantitative estimate of drug-likeness (QED) is 0.653. The van der Waals surface area contributed by atoms with Crippen LogP contribution < -0.4 is 5.73 Å². The van der Waals surface area contributed by atoms with Gasteiger partial charge >= 0.3 is 0 Å². The summed E-state index contributed by atoms with van der Waals surface area (Å²) in [7, 11) is 4.21. The van der Waals surface area contributed by atoms with Gasteiger partial charge in [0.15, 0.2) is 0 Å². The molecule has 0 heterocycles. The summed E-state index contributed by atoms with van der Waals surface area (Å²) in [6.45, 7) is 5.25. The molecular weight excluding hydrogens is 136 g/mol. The van der Waals surface area contributed by atoms with Crippen molar-refractivity contribution in [3.8, 4) is 0 Å². The molecule has 0 aromatic rings. The van der Waals surface area contributed by atoms with Crippen LogP contribution in [0.4, 0.5) is 0 Å². The molecule has 2 nitrogen and oxygen atoms in total. The summed E-state index contributed by atoms with van der Waals surface area (Å²) in [6, 6.07) is 0.560. The van der Waals surface area contributed by atoms with E-state index in [1.54, 1.807) is 0 Å². The first-order valence-electron chi connectivity index (χ1n) is 4.53. The van der Waals surface area contributed by atoms with Gasteiger partial charge in [-0.2, -0.15) is 0 Å². The molecule has 0 aliphatic rings. The molecule has 0 aliphatic heterocycles. The van der Waals surface area contributed by atoms with Crippen molar-refractivity contribution >= 4 is 0 Å². The molecule has 2 heteroatoms. The van der Waals surface area contributed by atoms with Gasteiger partial charge in [-0.05, 0) is 20.0 Å². The van der Waals surface area contributed by atoms with Gasteiger partial charge in [-0.25, -0.2) is 0 Å². The van der Waals surface area contributed by atoms with E-state index in [-0.39, 0.29) is 0 Å². The van der Waals surface area contributed by atoms with E-state index < -0.39 is 0 Å². The number of nitrogens with zero attached hydrogens (tertiary/aromatic N) is 1. The predicted octanol–water partition coefficient (Wildman–Crippen LogP) is 1.31. The van der Waals surface area contributed by atoms with E-state index in [1.165, 1.54) is 12.8 Å². The fraction of sp³-hybridized carbons (Fsp3) is 1.00. The van der Waals surface area contributed by atoms with E-state index in [4.69, 9.17) is 5.73 Å². The molecular formula is C9H22N2. The molecule has 68 valence electrons. The summed E-state index contributed by atoms with van der Waals surface area (Å²) in [6.07, 6.45) is 2.47. The lowest BCUT2D eigenvalue weighted by Crippen LogP contribution is -2.40. The van der Waals surface area contributed by atoms with Gasteiger partial charge in [-0.1, -0.05) is 26.7 Å². The first-order valence-corrected chi connectivity index (χ1v) is 4.53. The molecule has 0 amide bonds. The maximum atomic E-state index is 5.68. The summed E-state index contributed by atoms with van der Waals surface area (Å²) in [5.74, 6) is 0.759. The Balaban J connectivity index is 3.98. The van der Waals surface area contributed by atoms with Crippen LogP contribution in [-0.4, -0.2) is 31.6 Å². The summed E-state index contributed by atoms with van der Waals surface area (Å²) >= 11 is 0. The molecule has 1 unspecified atom stereocenters. The lowest BCUT2D eigenvalue weighted by atomic mass is 9.93. The molecule has 0 aliphatic carbocycles. The fourth-order valence-electron chi connectivity index (χ4n) is 1.66. The molecule has 0 saturated heterocycles. The van der Waals surface area contributed by atoms with Gasteiger partial charge < -0.3 is 10.6 Å². The Hall–Kier alpha value is -0.0800. The van der Waals surface area contributed by atoms with Crippen molar-refractivity contribution in [2.24, 2.45) is 11.7 Å². The lowest BCUT2D eigenvalue weighted by Gasteiger charge is -2.29. The highest BCUT2D eigenvalue weighted by Gasteiger charge is 2.18. The van der Waals surface area contributed by atoms with Gasteiger partial charge in [0.25, 0.3) is 0 Å². The molecule has 11 heavy (non-hydrogen) atoms. The number of nitrogens with two attached hydrogens (primary N) is 1. The van der Waals surface area contributed by atoms with Gasteiger partial charge in [0.05, 0.1) is 0 Å². The normalized spacial score (nSPS) is 14.5. The number of hydrogen-bond acceptors (Lipinski definition) is 2. The van der Waals surface area contributed by atoms with Crippen LogP contribution in [0.5, 0.6) is 0 Å². The van der Waals surface area contributed by atoms with E-state index in [0.717, 1.165) is 12.5 Å². The van der Waals surface area contributed by atoms with Gasteiger partial charge in [0.2, 0.25) is 0 Å². The molecule has 0 saturated carbocycles. The second-order valence-corrected chi connectivity index (χ2v) is 3.34. The molecule has 0 aromatic heterocycles. The zero-order valence-electron chi connectivity index (χ0n) is 8.30. The average Bonchev–Trinajstić information content (AvgIpc) is 1.99. The van der Waals surface area contributed by atoms with Crippen LogP contribution in [0.2, 0.25) is 0 Å². The Morgan fingerprint density at radius 2 is 1.64 bits per heavy atom. The summed E-state index contributed by atoms with van der Waals surface area (Å²) in [5, 5.41) is 0. The highest BCUT2D eigenvalue weighted by atomic mass is 15.1. The molecule has 0 rings (SSSR count). The Kier molecular flexibility index (Phi) is 5.51. The van der Waals surface area contributed by atoms with Crippen LogP contribution in [0, 0.1) is 5.92 Å². The van der Waals surface area contributed by atoms with Crippen LogP contribution in [-0.2, 0) is 0 Å². The van der Waals surface area contributed by atoms with Crippen LogP contribution in [0.15, 0.2) is 0 Å². The zero-order valence-corrected chi connectivity index (χ0v) is 8.30. The number of hydrogen-bond donors (Lipinski definition) is 1. The Morgan fingerprint density at radius 3 is 1.73 bits per heavy atom. The number of rotatable bonds is 5. The summed E-state index contributed by atoms with van der Waals surface area (Å²) in [5.41, 5.74) is 5.68. The van der Waals surface area contributed by atoms with E-state index in [9.17, 15) is 0 Å². The second-order valence-electron chi connectivity index (χ2n) is 3.34. The monoisotopic (exact) mass is 158 g/mol. The van der Waals surface area contributed by atoms with Crippen LogP contribution in [0.25, 0.3) is 0 Å². The molecule has 0 radical (unpaired) electrons. The third kappa shape index (κ3) is 3.21. The minimum absolute atomic E-state index is 0.560. The van der Waals surface area contributed by atoms with E-state index in [1.807, 2.05) is 0 Å². The highest BCUT2D eigenvalue weighted by molar-refractivity contribution is 4.74. The van der Waals surface area contributed by atoms with E-state index >= 15 is 0 Å². The maximum absolute atomic E-state index is 5.68. The van der Waals surface area contributed by atoms with Crippen molar-refractivity contribution in [3.63, 3.8) is 0 Å². The van der Waals surface area contributed by atoms with Gasteiger partial charge in [-0.3, -0.25) is 0 Å². The van der Waals surface area contributed by atoms with E-state index in [0.29, 0.717) is 6.04 Å². The topological polar surface area (TPSA) is 29.3 Å². The third-order valence-electron chi connectivity index (χ3n) is 2.50. The maximum Gasteiger partial charge on any atom is 0.0240 e. The Bertz CT molecular complexity index is 87.6. The molecule has 2 N–H and O–H groups in total. The molecule has 0 bridgehead atoms. The molecule has 0 spiro atoms. The van der Waals surface area contributed by atoms with E-state index in [2.05, 4.69) is 32.8 Å². The zero-order chi connectivity index (χ0) is 8.85. The minimum atomic E-state index is 0.560. The smallest absolute Gasteiger partial charge is 0.0240 e. The predicted molar refractivity (Wildman–Crippen MR) is 50.6 cm³/mol. The Labute approximate surface area is 70.8 Å². The SMILES string of the molecule is CCC(CC)C(CN)N(C)C. The first-order chi connectivity index (χ1) is 5.17. The third-order valence-corrected chi connectivity index (χ3v) is 2.50. The average molecular weight is 158 g/mol. The number of likely N-dealkylation sites (N-methyl/N-ethyl adjacent to an activating group) is 1. The molecule has 0 fully saturated rings. The first kappa shape index (κ1) is 10.9. The van der Waals surface area contributed by atoms with Crippen LogP contribution in [0.3, 0.4) is 0 Å². The largest absolute Gasteiger partial charge is 0.329 e. The van der Waals surface area contributed by atoms with Crippen LogP contribution in [0.1, 0.15) is 26.7 Å². The standard InChI is InChI=1S/C9H22N2/c1-5-8(6-2)9(7-10)11(3)4/h8-9H,5-7,10H2,1-4H3. The summed E-state index contributed by atoms with van der Waals surface area (Å²) in [4.78, 5) is 2.23. The second kappa shape index (κ2) is 5.56. The Morgan fingerprint density at radius 1 is 1.18 bits per heavy atom. The highest BCUT2D eigenvalue weighted by Crippen LogP contribution is 2.15. The van der Waals surface area contributed by atoms with Crippen LogP contribution >= 0.6 is 0 Å². The fourth-order valence-corrected chi connectivity index (χ4v) is 1.66. The van der Waals surface area contributed by atoms with Gasteiger partial charge in [0, 0.05) is 12.6 Å². The van der Waals surface area contributed by atoms with Crippen molar-refractivity contribution in [2.75, 3.05) is 20.6 Å². The van der Waals surface area contributed by atoms with Crippen molar-refractivity contribution in [1.82, 2.24) is 4.90 Å². The van der Waals surface area contributed by atoms with Crippen molar-refractivity contribution in [1.29, 1.82) is 0 Å². The minimum Gasteiger partial charge on any atom is -0.329 e. The summed E-state index contributed by atoms with van der Waals surface area (Å²) < 4.78 is 0. The van der Waals surface area contributed by atoms with Crippen molar-refractivity contribution in [3.05, 3.63) is 0 Å². The molecule has 1 atom stereocenters. The van der Waals surface area contributed by atoms with Crippen molar-refractivity contribution < 1.29 is 0 Å². The van der Waals surface area contributed by atoms with Gasteiger partial charge in [-0.15, -0.1) is 0 Å². The van der Waals surface area contributed by atoms with Crippen molar-refractivity contribution in [2.45, 2.75) is 32.7 Å².